The van der Waals surface area contributed by atoms with E-state index in [9.17, 15) is 8.42 Å². The van der Waals surface area contributed by atoms with Gasteiger partial charge in [0.1, 0.15) is 6.79 Å². The summed E-state index contributed by atoms with van der Waals surface area (Å²) in [5.74, 6) is 0. The molecular weight excluding hydrogens is 416 g/mol. The average molecular weight is 432 g/mol. The molecule has 0 spiro atoms. The summed E-state index contributed by atoms with van der Waals surface area (Å²) >= 11 is 6.87. The van der Waals surface area contributed by atoms with Gasteiger partial charge in [-0.2, -0.15) is 8.42 Å². The smallest absolute Gasteiger partial charge is 0.264 e. The summed E-state index contributed by atoms with van der Waals surface area (Å²) in [7, 11) is -1.88. The Morgan fingerprint density at radius 1 is 1.15 bits per heavy atom. The van der Waals surface area contributed by atoms with E-state index in [1.54, 1.807) is 7.11 Å². The van der Waals surface area contributed by atoms with Crippen LogP contribution < -0.4 is 0 Å². The van der Waals surface area contributed by atoms with Crippen LogP contribution in [0, 0.1) is 0 Å². The third-order valence-electron chi connectivity index (χ3n) is 2.36. The molecule has 114 valence electrons. The number of halogens is 2. The maximum atomic E-state index is 11.0. The molecule has 20 heavy (non-hydrogen) atoms. The van der Waals surface area contributed by atoms with Gasteiger partial charge in [-0.15, -0.1) is 0 Å². The molecule has 0 radical (unpaired) electrons. The minimum atomic E-state index is -3.45. The van der Waals surface area contributed by atoms with Crippen molar-refractivity contribution in [2.75, 3.05) is 26.8 Å². The van der Waals surface area contributed by atoms with E-state index >= 15 is 0 Å². The van der Waals surface area contributed by atoms with Gasteiger partial charge in [0.05, 0.1) is 19.5 Å². The highest BCUT2D eigenvalue weighted by Crippen LogP contribution is 2.27. The van der Waals surface area contributed by atoms with Crippen molar-refractivity contribution >= 4 is 42.0 Å². The molecule has 8 heteroatoms. The molecule has 1 rings (SSSR count). The van der Waals surface area contributed by atoms with Crippen molar-refractivity contribution in [1.29, 1.82) is 0 Å². The summed E-state index contributed by atoms with van der Waals surface area (Å²) in [4.78, 5) is 0. The fourth-order valence-electron chi connectivity index (χ4n) is 1.43. The van der Waals surface area contributed by atoms with Gasteiger partial charge in [0.25, 0.3) is 10.1 Å². The SMILES string of the molecule is COCOCCc1cc(Br)c(COS(C)(=O)=O)cc1Br. The minimum Gasteiger partial charge on any atom is -0.359 e. The first kappa shape index (κ1) is 18.1. The van der Waals surface area contributed by atoms with E-state index in [1.165, 1.54) is 0 Å². The third kappa shape index (κ3) is 6.64. The second-order valence-electron chi connectivity index (χ2n) is 4.07. The number of ether oxygens (including phenoxy) is 2. The van der Waals surface area contributed by atoms with Crippen molar-refractivity contribution < 1.29 is 22.1 Å². The van der Waals surface area contributed by atoms with E-state index < -0.39 is 10.1 Å². The standard InChI is InChI=1S/C12H16Br2O5S/c1-17-8-18-4-3-9-5-12(14)10(6-11(9)13)7-19-20(2,15)16/h5-6H,3-4,7-8H2,1-2H3. The second-order valence-corrected chi connectivity index (χ2v) is 7.42. The molecular formula is C12H16Br2O5S. The Kier molecular flexibility index (Phi) is 7.63. The Balaban J connectivity index is 2.70. The Hall–Kier alpha value is 0.01000. The average Bonchev–Trinajstić information content (AvgIpc) is 2.35. The maximum Gasteiger partial charge on any atom is 0.264 e. The predicted octanol–water partition coefficient (Wildman–Crippen LogP) is 2.85. The van der Waals surface area contributed by atoms with Gasteiger partial charge in [-0.25, -0.2) is 0 Å². The van der Waals surface area contributed by atoms with Crippen LogP contribution in [-0.2, 0) is 36.8 Å². The van der Waals surface area contributed by atoms with Crippen LogP contribution in [0.15, 0.2) is 21.1 Å². The van der Waals surface area contributed by atoms with Crippen LogP contribution in [-0.4, -0.2) is 35.2 Å². The molecule has 0 atom stereocenters. The Bertz CT molecular complexity index is 545. The van der Waals surface area contributed by atoms with E-state index in [-0.39, 0.29) is 13.4 Å². The summed E-state index contributed by atoms with van der Waals surface area (Å²) < 4.78 is 38.5. The summed E-state index contributed by atoms with van der Waals surface area (Å²) in [5.41, 5.74) is 1.81. The number of hydrogen-bond acceptors (Lipinski definition) is 5. The van der Waals surface area contributed by atoms with Crippen LogP contribution in [0.25, 0.3) is 0 Å². The zero-order valence-electron chi connectivity index (χ0n) is 11.2. The fourth-order valence-corrected chi connectivity index (χ4v) is 2.86. The van der Waals surface area contributed by atoms with E-state index in [0.29, 0.717) is 6.61 Å². The first-order valence-electron chi connectivity index (χ1n) is 5.71. The van der Waals surface area contributed by atoms with Gasteiger partial charge in [-0.05, 0) is 29.7 Å². The highest BCUT2D eigenvalue weighted by atomic mass is 79.9. The fraction of sp³-hybridized carbons (Fsp3) is 0.500. The normalized spacial score (nSPS) is 11.8. The minimum absolute atomic E-state index is 0.00152. The highest BCUT2D eigenvalue weighted by molar-refractivity contribution is 9.11. The van der Waals surface area contributed by atoms with Crippen LogP contribution in [0.1, 0.15) is 11.1 Å². The molecule has 0 aliphatic heterocycles. The van der Waals surface area contributed by atoms with Crippen molar-refractivity contribution in [3.8, 4) is 0 Å². The monoisotopic (exact) mass is 430 g/mol. The molecule has 0 saturated carbocycles. The van der Waals surface area contributed by atoms with Crippen molar-refractivity contribution in [3.05, 3.63) is 32.2 Å². The lowest BCUT2D eigenvalue weighted by Crippen LogP contribution is -2.05. The summed E-state index contributed by atoms with van der Waals surface area (Å²) in [5, 5.41) is 0. The van der Waals surface area contributed by atoms with Crippen LogP contribution in [0.2, 0.25) is 0 Å². The molecule has 1 aromatic rings. The Labute approximate surface area is 136 Å². The zero-order chi connectivity index (χ0) is 15.2. The van der Waals surface area contributed by atoms with E-state index in [4.69, 9.17) is 13.7 Å². The lowest BCUT2D eigenvalue weighted by atomic mass is 10.1. The van der Waals surface area contributed by atoms with Crippen molar-refractivity contribution in [3.63, 3.8) is 0 Å². The van der Waals surface area contributed by atoms with Crippen LogP contribution in [0.4, 0.5) is 0 Å². The third-order valence-corrected chi connectivity index (χ3v) is 4.38. The van der Waals surface area contributed by atoms with Gasteiger partial charge in [-0.1, -0.05) is 31.9 Å². The van der Waals surface area contributed by atoms with Crippen molar-refractivity contribution in [2.24, 2.45) is 0 Å². The quantitative estimate of drug-likeness (QED) is 0.359. The second kappa shape index (κ2) is 8.45. The first-order valence-corrected chi connectivity index (χ1v) is 9.11. The van der Waals surface area contributed by atoms with Crippen LogP contribution >= 0.6 is 31.9 Å². The highest BCUT2D eigenvalue weighted by Gasteiger charge is 2.10. The van der Waals surface area contributed by atoms with Gasteiger partial charge in [0.15, 0.2) is 0 Å². The molecule has 0 saturated heterocycles. The van der Waals surface area contributed by atoms with Crippen molar-refractivity contribution in [2.45, 2.75) is 13.0 Å². The largest absolute Gasteiger partial charge is 0.359 e. The topological polar surface area (TPSA) is 61.8 Å². The van der Waals surface area contributed by atoms with Crippen molar-refractivity contribution in [1.82, 2.24) is 0 Å². The molecule has 0 unspecified atom stereocenters. The van der Waals surface area contributed by atoms with Gasteiger partial charge < -0.3 is 9.47 Å². The molecule has 0 heterocycles. The Morgan fingerprint density at radius 3 is 2.35 bits per heavy atom. The van der Waals surface area contributed by atoms with E-state index in [0.717, 1.165) is 32.7 Å². The summed E-state index contributed by atoms with van der Waals surface area (Å²) in [6, 6.07) is 3.75. The molecule has 0 aliphatic carbocycles. The van der Waals surface area contributed by atoms with E-state index in [1.807, 2.05) is 12.1 Å². The molecule has 0 amide bonds. The number of hydrogen-bond donors (Lipinski definition) is 0. The zero-order valence-corrected chi connectivity index (χ0v) is 15.2. The predicted molar refractivity (Wildman–Crippen MR) is 83.0 cm³/mol. The van der Waals surface area contributed by atoms with Crippen LogP contribution in [0.5, 0.6) is 0 Å². The Morgan fingerprint density at radius 2 is 1.75 bits per heavy atom. The van der Waals surface area contributed by atoms with Gasteiger partial charge in [0, 0.05) is 16.1 Å². The maximum absolute atomic E-state index is 11.0. The van der Waals surface area contributed by atoms with Gasteiger partial charge in [-0.3, -0.25) is 4.18 Å². The number of rotatable bonds is 8. The van der Waals surface area contributed by atoms with E-state index in [2.05, 4.69) is 31.9 Å². The molecule has 5 nitrogen and oxygen atoms in total. The molecule has 0 N–H and O–H groups in total. The summed E-state index contributed by atoms with van der Waals surface area (Å²) in [6.45, 7) is 0.801. The lowest BCUT2D eigenvalue weighted by Gasteiger charge is -2.10. The van der Waals surface area contributed by atoms with Crippen LogP contribution in [0.3, 0.4) is 0 Å². The van der Waals surface area contributed by atoms with Gasteiger partial charge in [0.2, 0.25) is 0 Å². The molecule has 0 bridgehead atoms. The lowest BCUT2D eigenvalue weighted by molar-refractivity contribution is -0.0291. The number of methoxy groups -OCH3 is 1. The first-order chi connectivity index (χ1) is 9.33. The molecule has 0 fully saturated rings. The molecule has 1 aromatic carbocycles. The molecule has 0 aromatic heterocycles. The van der Waals surface area contributed by atoms with Gasteiger partial charge >= 0.3 is 0 Å². The molecule has 0 aliphatic rings. The number of benzene rings is 1. The summed E-state index contributed by atoms with van der Waals surface area (Å²) in [6.07, 6.45) is 1.74.